The van der Waals surface area contributed by atoms with Crippen molar-refractivity contribution >= 4 is 41.5 Å². The number of nitrogens with one attached hydrogen (secondary N) is 1. The van der Waals surface area contributed by atoms with Crippen LogP contribution in [-0.4, -0.2) is 66.5 Å². The molecule has 7 nitrogen and oxygen atoms in total. The molecule has 2 aliphatic heterocycles. The number of para-hydroxylation sites is 2. The monoisotopic (exact) mass is 549 g/mol. The van der Waals surface area contributed by atoms with Gasteiger partial charge in [-0.25, -0.2) is 0 Å². The van der Waals surface area contributed by atoms with E-state index in [0.717, 1.165) is 50.8 Å². The van der Waals surface area contributed by atoms with Crippen molar-refractivity contribution in [1.29, 1.82) is 0 Å². The number of benzene rings is 2. The van der Waals surface area contributed by atoms with E-state index in [4.69, 9.17) is 0 Å². The van der Waals surface area contributed by atoms with Crippen molar-refractivity contribution in [2.24, 2.45) is 4.99 Å². The number of aromatic hydroxyl groups is 1. The van der Waals surface area contributed by atoms with Gasteiger partial charge in [-0.1, -0.05) is 36.4 Å². The molecule has 2 saturated heterocycles. The number of rotatable bonds is 5. The molecular formula is C24H32IN5O2. The number of amides is 1. The Labute approximate surface area is 207 Å². The molecule has 8 heteroatoms. The predicted molar refractivity (Wildman–Crippen MR) is 139 cm³/mol. The Balaban J connectivity index is 0.00000289. The van der Waals surface area contributed by atoms with Crippen molar-refractivity contribution in [2.45, 2.75) is 25.9 Å². The molecule has 0 radical (unpaired) electrons. The van der Waals surface area contributed by atoms with Gasteiger partial charge in [0.1, 0.15) is 5.75 Å². The van der Waals surface area contributed by atoms with Crippen molar-refractivity contribution in [1.82, 2.24) is 15.1 Å². The van der Waals surface area contributed by atoms with Crippen LogP contribution in [0.25, 0.3) is 0 Å². The summed E-state index contributed by atoms with van der Waals surface area (Å²) in [5, 5.41) is 13.6. The molecule has 2 N–H and O–H groups in total. The van der Waals surface area contributed by atoms with E-state index < -0.39 is 0 Å². The summed E-state index contributed by atoms with van der Waals surface area (Å²) in [5.41, 5.74) is 3.26. The fourth-order valence-corrected chi connectivity index (χ4v) is 4.36. The van der Waals surface area contributed by atoms with Crippen LogP contribution in [0.15, 0.2) is 53.5 Å². The lowest BCUT2D eigenvalue weighted by molar-refractivity contribution is -0.128. The Morgan fingerprint density at radius 3 is 2.34 bits per heavy atom. The molecule has 0 unspecified atom stereocenters. The van der Waals surface area contributed by atoms with Gasteiger partial charge in [0.05, 0.1) is 5.69 Å². The van der Waals surface area contributed by atoms with Crippen molar-refractivity contribution in [3.63, 3.8) is 0 Å². The summed E-state index contributed by atoms with van der Waals surface area (Å²) in [5.74, 6) is 1.46. The Morgan fingerprint density at radius 1 is 1.00 bits per heavy atom. The highest BCUT2D eigenvalue weighted by Crippen LogP contribution is 2.27. The topological polar surface area (TPSA) is 71.4 Å². The minimum Gasteiger partial charge on any atom is -0.506 e. The Morgan fingerprint density at radius 2 is 1.69 bits per heavy atom. The van der Waals surface area contributed by atoms with E-state index in [-0.39, 0.29) is 29.9 Å². The number of guanidine groups is 1. The summed E-state index contributed by atoms with van der Waals surface area (Å²) in [6.45, 7) is 5.51. The minimum absolute atomic E-state index is 0. The lowest BCUT2D eigenvalue weighted by Gasteiger charge is -2.37. The molecule has 2 fully saturated rings. The number of carbonyl (C=O) groups is 1. The first-order valence-electron chi connectivity index (χ1n) is 11.0. The third-order valence-corrected chi connectivity index (χ3v) is 6.10. The van der Waals surface area contributed by atoms with E-state index in [2.05, 4.69) is 32.2 Å². The minimum atomic E-state index is 0. The number of likely N-dealkylation sites (tertiary alicyclic amines) is 1. The zero-order chi connectivity index (χ0) is 21.6. The van der Waals surface area contributed by atoms with Crippen LogP contribution in [0.5, 0.6) is 5.75 Å². The fourth-order valence-electron chi connectivity index (χ4n) is 4.36. The molecule has 0 saturated carbocycles. The molecule has 0 spiro atoms. The van der Waals surface area contributed by atoms with Crippen LogP contribution in [0.3, 0.4) is 0 Å². The van der Waals surface area contributed by atoms with E-state index in [1.807, 2.05) is 42.3 Å². The second-order valence-corrected chi connectivity index (χ2v) is 8.05. The second-order valence-electron chi connectivity index (χ2n) is 8.05. The normalized spacial score (nSPS) is 16.8. The van der Waals surface area contributed by atoms with E-state index in [1.54, 1.807) is 6.07 Å². The largest absolute Gasteiger partial charge is 0.506 e. The molecule has 0 atom stereocenters. The average Bonchev–Trinajstić information content (AvgIpc) is 3.20. The van der Waals surface area contributed by atoms with Gasteiger partial charge in [-0.2, -0.15) is 0 Å². The molecule has 172 valence electrons. The molecule has 4 rings (SSSR count). The summed E-state index contributed by atoms with van der Waals surface area (Å²) in [6, 6.07) is 15.8. The maximum Gasteiger partial charge on any atom is 0.222 e. The smallest absolute Gasteiger partial charge is 0.222 e. The van der Waals surface area contributed by atoms with Gasteiger partial charge in [-0.3, -0.25) is 9.79 Å². The number of aliphatic imine (C=N–C) groups is 1. The van der Waals surface area contributed by atoms with Gasteiger partial charge >= 0.3 is 0 Å². The average molecular weight is 549 g/mol. The zero-order valence-electron chi connectivity index (χ0n) is 18.5. The van der Waals surface area contributed by atoms with Crippen LogP contribution >= 0.6 is 24.0 Å². The van der Waals surface area contributed by atoms with Crippen LogP contribution < -0.4 is 10.2 Å². The van der Waals surface area contributed by atoms with Crippen molar-refractivity contribution in [3.8, 4) is 5.75 Å². The highest BCUT2D eigenvalue weighted by molar-refractivity contribution is 14.0. The molecule has 1 amide bonds. The fraction of sp³-hybridized carbons (Fsp3) is 0.417. The SMILES string of the molecule is CN=C(NCc1ccccc1CN1CCCC1=O)N1CCN(c2ccccc2O)CC1.I. The molecule has 0 bridgehead atoms. The zero-order valence-corrected chi connectivity index (χ0v) is 20.9. The van der Waals surface area contributed by atoms with E-state index >= 15 is 0 Å². The van der Waals surface area contributed by atoms with Gasteiger partial charge in [-0.15, -0.1) is 24.0 Å². The van der Waals surface area contributed by atoms with E-state index in [0.29, 0.717) is 25.3 Å². The maximum atomic E-state index is 12.0. The third kappa shape index (κ3) is 5.65. The van der Waals surface area contributed by atoms with Crippen LogP contribution in [0, 0.1) is 0 Å². The standard InChI is InChI=1S/C24H31N5O2.HI/c1-25-24(28-15-13-27(14-16-28)21-9-4-5-10-22(21)30)26-17-19-7-2-3-8-20(19)18-29-12-6-11-23(29)31;/h2-5,7-10,30H,6,11-18H2,1H3,(H,25,26);1H. The molecule has 0 aromatic heterocycles. The van der Waals surface area contributed by atoms with Crippen LogP contribution in [0.4, 0.5) is 5.69 Å². The highest BCUT2D eigenvalue weighted by Gasteiger charge is 2.23. The van der Waals surface area contributed by atoms with Gasteiger partial charge in [0.2, 0.25) is 5.91 Å². The summed E-state index contributed by atoms with van der Waals surface area (Å²) < 4.78 is 0. The van der Waals surface area contributed by atoms with Gasteiger partial charge in [0.15, 0.2) is 5.96 Å². The Kier molecular flexibility index (Phi) is 8.60. The van der Waals surface area contributed by atoms with Crippen molar-refractivity contribution in [3.05, 3.63) is 59.7 Å². The maximum absolute atomic E-state index is 12.0. The first-order valence-corrected chi connectivity index (χ1v) is 11.0. The lowest BCUT2D eigenvalue weighted by Crippen LogP contribution is -2.52. The third-order valence-electron chi connectivity index (χ3n) is 6.10. The first kappa shape index (κ1) is 24.2. The lowest BCUT2D eigenvalue weighted by atomic mass is 10.1. The van der Waals surface area contributed by atoms with Crippen LogP contribution in [0.1, 0.15) is 24.0 Å². The predicted octanol–water partition coefficient (Wildman–Crippen LogP) is 3.03. The molecule has 2 aromatic carbocycles. The van der Waals surface area contributed by atoms with Gasteiger partial charge in [-0.05, 0) is 29.7 Å². The molecule has 2 aromatic rings. The number of phenolic OH excluding ortho intramolecular Hbond substituents is 1. The van der Waals surface area contributed by atoms with Gasteiger partial charge < -0.3 is 25.1 Å². The molecule has 2 aliphatic rings. The first-order chi connectivity index (χ1) is 15.2. The number of hydrogen-bond donors (Lipinski definition) is 2. The number of piperazine rings is 1. The van der Waals surface area contributed by atoms with Crippen molar-refractivity contribution < 1.29 is 9.90 Å². The number of phenols is 1. The molecular weight excluding hydrogens is 517 g/mol. The van der Waals surface area contributed by atoms with Crippen molar-refractivity contribution in [2.75, 3.05) is 44.7 Å². The molecule has 2 heterocycles. The van der Waals surface area contributed by atoms with Crippen LogP contribution in [-0.2, 0) is 17.9 Å². The van der Waals surface area contributed by atoms with Gasteiger partial charge in [0, 0.05) is 59.3 Å². The summed E-state index contributed by atoms with van der Waals surface area (Å²) >= 11 is 0. The summed E-state index contributed by atoms with van der Waals surface area (Å²) in [4.78, 5) is 22.9. The van der Waals surface area contributed by atoms with Crippen LogP contribution in [0.2, 0.25) is 0 Å². The second kappa shape index (κ2) is 11.4. The molecule has 0 aliphatic carbocycles. The summed E-state index contributed by atoms with van der Waals surface area (Å²) in [7, 11) is 1.81. The molecule has 32 heavy (non-hydrogen) atoms. The number of hydrogen-bond acceptors (Lipinski definition) is 4. The number of anilines is 1. The highest BCUT2D eigenvalue weighted by atomic mass is 127. The van der Waals surface area contributed by atoms with E-state index in [9.17, 15) is 9.90 Å². The number of nitrogens with zero attached hydrogens (tertiary/aromatic N) is 4. The quantitative estimate of drug-likeness (QED) is 0.341. The number of carbonyl (C=O) groups excluding carboxylic acids is 1. The van der Waals surface area contributed by atoms with E-state index in [1.165, 1.54) is 11.1 Å². The number of halogens is 1. The summed E-state index contributed by atoms with van der Waals surface area (Å²) in [6.07, 6.45) is 1.62. The van der Waals surface area contributed by atoms with Gasteiger partial charge in [0.25, 0.3) is 0 Å². The Hall–Kier alpha value is -2.49. The Bertz CT molecular complexity index is 943.